The van der Waals surface area contributed by atoms with Crippen molar-refractivity contribution in [3.63, 3.8) is 0 Å². The summed E-state index contributed by atoms with van der Waals surface area (Å²) in [4.78, 5) is 36.8. The maximum Gasteiger partial charge on any atom is 0.354 e. The van der Waals surface area contributed by atoms with E-state index in [1.165, 1.54) is 30.7 Å². The molecule has 18 heavy (non-hydrogen) atoms. The van der Waals surface area contributed by atoms with Gasteiger partial charge in [-0.15, -0.1) is 11.8 Å². The summed E-state index contributed by atoms with van der Waals surface area (Å²) in [5, 5.41) is 2.56. The average molecular weight is 272 g/mol. The van der Waals surface area contributed by atoms with Crippen molar-refractivity contribution >= 4 is 29.5 Å². The summed E-state index contributed by atoms with van der Waals surface area (Å²) in [5.74, 6) is -1.11. The van der Waals surface area contributed by atoms with Gasteiger partial charge in [-0.1, -0.05) is 0 Å². The van der Waals surface area contributed by atoms with E-state index in [0.29, 0.717) is 6.42 Å². The number of amides is 2. The lowest BCUT2D eigenvalue weighted by Gasteiger charge is -2.46. The van der Waals surface area contributed by atoms with E-state index < -0.39 is 16.4 Å². The Hall–Kier alpha value is -1.24. The minimum absolute atomic E-state index is 0.0709. The van der Waals surface area contributed by atoms with Gasteiger partial charge in [0, 0.05) is 6.92 Å². The minimum Gasteiger partial charge on any atom is -0.466 e. The van der Waals surface area contributed by atoms with Gasteiger partial charge in [-0.05, 0) is 13.8 Å². The van der Waals surface area contributed by atoms with Gasteiger partial charge in [0.05, 0.1) is 23.7 Å². The fourth-order valence-corrected chi connectivity index (χ4v) is 4.30. The summed E-state index contributed by atoms with van der Waals surface area (Å²) in [6.07, 6.45) is 0.395. The number of carbonyl (C=O) groups excluding carboxylic acids is 3. The van der Waals surface area contributed by atoms with Crippen LogP contribution in [0.5, 0.6) is 0 Å². The first kappa shape index (κ1) is 13.2. The molecule has 2 saturated heterocycles. The smallest absolute Gasteiger partial charge is 0.354 e. The number of β-lactam (4-membered cyclic amide) rings is 1. The Morgan fingerprint density at radius 2 is 2.11 bits per heavy atom. The number of rotatable bonds is 2. The lowest BCUT2D eigenvalue weighted by molar-refractivity contribution is -0.175. The van der Waals surface area contributed by atoms with Crippen molar-refractivity contribution in [1.29, 1.82) is 0 Å². The van der Waals surface area contributed by atoms with Crippen LogP contribution in [0, 0.1) is 0 Å². The van der Waals surface area contributed by atoms with E-state index in [9.17, 15) is 14.4 Å². The summed E-state index contributed by atoms with van der Waals surface area (Å²) < 4.78 is 4.18. The molecule has 2 amide bonds. The van der Waals surface area contributed by atoms with Gasteiger partial charge in [0.15, 0.2) is 0 Å². The predicted octanol–water partition coefficient (Wildman–Crippen LogP) is 0.0756. The Morgan fingerprint density at radius 1 is 1.50 bits per heavy atom. The van der Waals surface area contributed by atoms with E-state index >= 15 is 0 Å². The summed E-state index contributed by atoms with van der Waals surface area (Å²) in [6.45, 7) is 4.98. The van der Waals surface area contributed by atoms with Gasteiger partial charge < -0.3 is 10.1 Å². The highest BCUT2D eigenvalue weighted by molar-refractivity contribution is 8.01. The molecule has 2 atom stereocenters. The minimum atomic E-state index is -1.40. The van der Waals surface area contributed by atoms with Crippen LogP contribution in [-0.2, 0) is 19.1 Å². The molecule has 7 heteroatoms. The molecule has 0 saturated carbocycles. The molecule has 2 rings (SSSR count). The Labute approximate surface area is 109 Å². The zero-order valence-electron chi connectivity index (χ0n) is 10.8. The van der Waals surface area contributed by atoms with Crippen LogP contribution in [-0.4, -0.2) is 45.6 Å². The molecule has 0 aromatic heterocycles. The highest BCUT2D eigenvalue weighted by atomic mass is 32.2. The molecule has 2 heterocycles. The van der Waals surface area contributed by atoms with Gasteiger partial charge >= 0.3 is 5.97 Å². The first-order chi connectivity index (χ1) is 8.26. The molecule has 2 fully saturated rings. The maximum absolute atomic E-state index is 12.2. The van der Waals surface area contributed by atoms with Gasteiger partial charge in [0.25, 0.3) is 0 Å². The zero-order valence-corrected chi connectivity index (χ0v) is 11.6. The second-order valence-electron chi connectivity index (χ2n) is 4.93. The van der Waals surface area contributed by atoms with Gasteiger partial charge in [0.2, 0.25) is 17.5 Å². The third-order valence-corrected chi connectivity index (χ3v) is 4.94. The van der Waals surface area contributed by atoms with Crippen LogP contribution in [0.15, 0.2) is 0 Å². The van der Waals surface area contributed by atoms with Gasteiger partial charge in [0.1, 0.15) is 0 Å². The molecule has 2 aliphatic heterocycles. The van der Waals surface area contributed by atoms with E-state index in [1.807, 2.05) is 13.8 Å². The fraction of sp³-hybridized carbons (Fsp3) is 0.727. The van der Waals surface area contributed by atoms with Crippen LogP contribution in [0.25, 0.3) is 0 Å². The zero-order chi connectivity index (χ0) is 13.7. The van der Waals surface area contributed by atoms with Crippen molar-refractivity contribution in [3.05, 3.63) is 0 Å². The Balaban J connectivity index is 2.51. The standard InChI is InChI=1S/C11H16N2O4S/c1-6(14)12-11(9(16)17-4)10(2,3)18-8-5-7(15)13(8)11/h8H,5H2,1-4H3,(H,12,14)/t8-,11?/m1/s1. The molecular weight excluding hydrogens is 256 g/mol. The van der Waals surface area contributed by atoms with Crippen LogP contribution in [0.3, 0.4) is 0 Å². The monoisotopic (exact) mass is 272 g/mol. The van der Waals surface area contributed by atoms with Crippen molar-refractivity contribution in [2.45, 2.75) is 43.0 Å². The Bertz CT molecular complexity index is 437. The lowest BCUT2D eigenvalue weighted by Crippen LogP contribution is -2.75. The fourth-order valence-electron chi connectivity index (χ4n) is 2.61. The van der Waals surface area contributed by atoms with Crippen molar-refractivity contribution in [1.82, 2.24) is 10.2 Å². The Kier molecular flexibility index (Phi) is 2.84. The lowest BCUT2D eigenvalue weighted by atomic mass is 9.90. The molecule has 1 N–H and O–H groups in total. The van der Waals surface area contributed by atoms with E-state index in [0.717, 1.165) is 0 Å². The van der Waals surface area contributed by atoms with Gasteiger partial charge in [-0.3, -0.25) is 14.5 Å². The second kappa shape index (κ2) is 3.88. The number of fused-ring (bicyclic) bond motifs is 1. The normalized spacial score (nSPS) is 32.6. The number of methoxy groups -OCH3 is 1. The van der Waals surface area contributed by atoms with Crippen LogP contribution >= 0.6 is 11.8 Å². The number of carbonyl (C=O) groups is 3. The molecule has 6 nitrogen and oxygen atoms in total. The number of ether oxygens (including phenoxy) is 1. The molecule has 0 aromatic rings. The topological polar surface area (TPSA) is 75.7 Å². The molecule has 2 aliphatic rings. The van der Waals surface area contributed by atoms with E-state index in [-0.39, 0.29) is 17.2 Å². The van der Waals surface area contributed by atoms with Crippen LogP contribution in [0.4, 0.5) is 0 Å². The summed E-state index contributed by atoms with van der Waals surface area (Å²) in [6, 6.07) is 0. The van der Waals surface area contributed by atoms with Crippen molar-refractivity contribution in [2.75, 3.05) is 7.11 Å². The molecule has 1 unspecified atom stereocenters. The van der Waals surface area contributed by atoms with Crippen LogP contribution < -0.4 is 5.32 Å². The third kappa shape index (κ3) is 1.46. The van der Waals surface area contributed by atoms with E-state index in [4.69, 9.17) is 4.74 Å². The van der Waals surface area contributed by atoms with Crippen LogP contribution in [0.1, 0.15) is 27.2 Å². The number of thioether (sulfide) groups is 1. The summed E-state index contributed by atoms with van der Waals surface area (Å²) in [7, 11) is 1.25. The molecule has 0 bridgehead atoms. The molecule has 0 spiro atoms. The Morgan fingerprint density at radius 3 is 2.56 bits per heavy atom. The van der Waals surface area contributed by atoms with Crippen LogP contribution in [0.2, 0.25) is 0 Å². The molecular formula is C11H16N2O4S. The van der Waals surface area contributed by atoms with Crippen molar-refractivity contribution in [3.8, 4) is 0 Å². The van der Waals surface area contributed by atoms with E-state index in [1.54, 1.807) is 0 Å². The number of nitrogens with one attached hydrogen (secondary N) is 1. The number of hydrogen-bond donors (Lipinski definition) is 1. The number of hydrogen-bond acceptors (Lipinski definition) is 5. The quantitative estimate of drug-likeness (QED) is 0.569. The largest absolute Gasteiger partial charge is 0.466 e. The maximum atomic E-state index is 12.2. The van der Waals surface area contributed by atoms with Crippen molar-refractivity contribution in [2.24, 2.45) is 0 Å². The predicted molar refractivity (Wildman–Crippen MR) is 65.5 cm³/mol. The first-order valence-electron chi connectivity index (χ1n) is 5.63. The molecule has 100 valence electrons. The molecule has 0 radical (unpaired) electrons. The van der Waals surface area contributed by atoms with Crippen molar-refractivity contribution < 1.29 is 19.1 Å². The first-order valence-corrected chi connectivity index (χ1v) is 6.51. The second-order valence-corrected chi connectivity index (χ2v) is 6.73. The molecule has 0 aromatic carbocycles. The highest BCUT2D eigenvalue weighted by Gasteiger charge is 2.70. The number of esters is 1. The number of nitrogens with zero attached hydrogens (tertiary/aromatic N) is 1. The SMILES string of the molecule is COC(=O)C1(NC(C)=O)N2C(=O)C[C@H]2SC1(C)C. The summed E-state index contributed by atoms with van der Waals surface area (Å²) >= 11 is 1.50. The van der Waals surface area contributed by atoms with Gasteiger partial charge in [-0.25, -0.2) is 4.79 Å². The third-order valence-electron chi connectivity index (χ3n) is 3.41. The average Bonchev–Trinajstić information content (AvgIpc) is 2.41. The highest BCUT2D eigenvalue weighted by Crippen LogP contribution is 2.55. The molecule has 0 aliphatic carbocycles. The van der Waals surface area contributed by atoms with Gasteiger partial charge in [-0.2, -0.15) is 0 Å². The summed E-state index contributed by atoms with van der Waals surface area (Å²) in [5.41, 5.74) is -1.40. The van der Waals surface area contributed by atoms with E-state index in [2.05, 4.69) is 5.32 Å².